The third-order valence-electron chi connectivity index (χ3n) is 7.98. The Kier molecular flexibility index (Phi) is 6.06. The molecule has 1 N–H and O–H groups in total. The molecule has 5 heteroatoms. The van der Waals surface area contributed by atoms with Gasteiger partial charge in [0.1, 0.15) is 0 Å². The van der Waals surface area contributed by atoms with Gasteiger partial charge >= 0.3 is 0 Å². The molecule has 3 nitrogen and oxygen atoms in total. The average Bonchev–Trinajstić information content (AvgIpc) is 2.91. The van der Waals surface area contributed by atoms with E-state index in [4.69, 9.17) is 8.85 Å². The molecule has 2 fully saturated rings. The lowest BCUT2D eigenvalue weighted by Crippen LogP contribution is -2.53. The van der Waals surface area contributed by atoms with Crippen LogP contribution in [-0.2, 0) is 8.85 Å². The van der Waals surface area contributed by atoms with Crippen molar-refractivity contribution >= 4 is 16.6 Å². The van der Waals surface area contributed by atoms with E-state index in [1.165, 1.54) is 6.42 Å². The van der Waals surface area contributed by atoms with Crippen LogP contribution < -0.4 is 0 Å². The predicted molar refractivity (Wildman–Crippen MR) is 116 cm³/mol. The zero-order valence-electron chi connectivity index (χ0n) is 19.0. The molecule has 2 aliphatic carbocycles. The number of aliphatic hydroxyl groups is 1. The van der Waals surface area contributed by atoms with Crippen molar-refractivity contribution in [2.45, 2.75) is 128 Å². The van der Waals surface area contributed by atoms with Crippen molar-refractivity contribution in [1.82, 2.24) is 0 Å². The maximum atomic E-state index is 10.6. The third-order valence-corrected chi connectivity index (χ3v) is 17.0. The maximum Gasteiger partial charge on any atom is 0.192 e. The van der Waals surface area contributed by atoms with Gasteiger partial charge in [0.25, 0.3) is 0 Å². The van der Waals surface area contributed by atoms with Gasteiger partial charge in [-0.3, -0.25) is 0 Å². The Morgan fingerprint density at radius 2 is 1.31 bits per heavy atom. The molecule has 154 valence electrons. The van der Waals surface area contributed by atoms with Gasteiger partial charge in [0.05, 0.1) is 18.3 Å². The van der Waals surface area contributed by atoms with Crippen LogP contribution in [0.25, 0.3) is 0 Å². The monoisotopic (exact) mass is 400 g/mol. The normalized spacial score (nSPS) is 34.0. The summed E-state index contributed by atoms with van der Waals surface area (Å²) in [4.78, 5) is 0. The average molecular weight is 401 g/mol. The molecule has 2 saturated carbocycles. The van der Waals surface area contributed by atoms with E-state index in [1.807, 2.05) is 0 Å². The van der Waals surface area contributed by atoms with Crippen molar-refractivity contribution in [2.75, 3.05) is 0 Å². The van der Waals surface area contributed by atoms with Crippen LogP contribution in [0.5, 0.6) is 0 Å². The van der Waals surface area contributed by atoms with E-state index in [0.717, 1.165) is 25.7 Å². The fourth-order valence-electron chi connectivity index (χ4n) is 4.21. The second-order valence-corrected chi connectivity index (χ2v) is 21.5. The molecule has 0 bridgehead atoms. The highest BCUT2D eigenvalue weighted by Crippen LogP contribution is 2.56. The van der Waals surface area contributed by atoms with E-state index in [9.17, 15) is 5.11 Å². The highest BCUT2D eigenvalue weighted by molar-refractivity contribution is 6.74. The Morgan fingerprint density at radius 1 is 0.846 bits per heavy atom. The molecule has 2 aliphatic rings. The largest absolute Gasteiger partial charge is 0.413 e. The SMILES string of the molecule is CC(C)(C)[Si](C)(C)O[C@H]1CCC[C@]12C[C@H](O)C[C@@H]2O[Si](C)(C)C(C)(C)C. The van der Waals surface area contributed by atoms with Crippen LogP contribution in [0.3, 0.4) is 0 Å². The first-order valence-electron chi connectivity index (χ1n) is 10.6. The van der Waals surface area contributed by atoms with Crippen LogP contribution in [0.1, 0.15) is 73.6 Å². The molecular weight excluding hydrogens is 356 g/mol. The van der Waals surface area contributed by atoms with Gasteiger partial charge < -0.3 is 14.0 Å². The van der Waals surface area contributed by atoms with Crippen LogP contribution in [-0.4, -0.2) is 40.1 Å². The molecular formula is C21H44O3Si2. The number of rotatable bonds is 4. The molecule has 4 atom stereocenters. The van der Waals surface area contributed by atoms with Crippen molar-refractivity contribution < 1.29 is 14.0 Å². The zero-order chi connectivity index (χ0) is 20.2. The molecule has 0 aliphatic heterocycles. The summed E-state index contributed by atoms with van der Waals surface area (Å²) in [6.07, 6.45) is 5.25. The lowest BCUT2D eigenvalue weighted by atomic mass is 9.80. The molecule has 0 radical (unpaired) electrons. The quantitative estimate of drug-likeness (QED) is 0.580. The van der Waals surface area contributed by atoms with E-state index in [-0.39, 0.29) is 33.8 Å². The molecule has 2 rings (SSSR count). The fourth-order valence-corrected chi connectivity index (χ4v) is 7.02. The Hall–Kier alpha value is 0.314. The molecule has 0 unspecified atom stereocenters. The molecule has 0 amide bonds. The van der Waals surface area contributed by atoms with Gasteiger partial charge in [-0.1, -0.05) is 48.0 Å². The number of aliphatic hydroxyl groups excluding tert-OH is 1. The van der Waals surface area contributed by atoms with Crippen molar-refractivity contribution in [1.29, 1.82) is 0 Å². The second kappa shape index (κ2) is 6.98. The fraction of sp³-hybridized carbons (Fsp3) is 1.00. The Balaban J connectivity index is 2.28. The lowest BCUT2D eigenvalue weighted by molar-refractivity contribution is -0.0183. The van der Waals surface area contributed by atoms with E-state index in [2.05, 4.69) is 67.7 Å². The van der Waals surface area contributed by atoms with Gasteiger partial charge in [-0.2, -0.15) is 0 Å². The minimum Gasteiger partial charge on any atom is -0.413 e. The van der Waals surface area contributed by atoms with Gasteiger partial charge in [-0.25, -0.2) is 0 Å². The topological polar surface area (TPSA) is 38.7 Å². The Morgan fingerprint density at radius 3 is 1.77 bits per heavy atom. The van der Waals surface area contributed by atoms with Crippen molar-refractivity contribution in [3.63, 3.8) is 0 Å². The van der Waals surface area contributed by atoms with E-state index in [1.54, 1.807) is 0 Å². The first-order chi connectivity index (χ1) is 11.5. The minimum absolute atomic E-state index is 0.0183. The van der Waals surface area contributed by atoms with E-state index in [0.29, 0.717) is 0 Å². The van der Waals surface area contributed by atoms with Gasteiger partial charge in [0.15, 0.2) is 16.6 Å². The summed E-state index contributed by atoms with van der Waals surface area (Å²) >= 11 is 0. The molecule has 26 heavy (non-hydrogen) atoms. The second-order valence-electron chi connectivity index (χ2n) is 12.0. The zero-order valence-corrected chi connectivity index (χ0v) is 21.0. The third kappa shape index (κ3) is 4.17. The predicted octanol–water partition coefficient (Wildman–Crippen LogP) is 6.09. The number of hydrogen-bond acceptors (Lipinski definition) is 3. The summed E-state index contributed by atoms with van der Waals surface area (Å²) < 4.78 is 13.9. The summed E-state index contributed by atoms with van der Waals surface area (Å²) in [5.41, 5.74) is 0.0183. The van der Waals surface area contributed by atoms with E-state index < -0.39 is 16.6 Å². The smallest absolute Gasteiger partial charge is 0.192 e. The van der Waals surface area contributed by atoms with Gasteiger partial charge in [-0.05, 0) is 61.9 Å². The molecule has 0 aromatic heterocycles. The lowest BCUT2D eigenvalue weighted by Gasteiger charge is -2.47. The van der Waals surface area contributed by atoms with Crippen LogP contribution in [0.15, 0.2) is 0 Å². The first kappa shape index (κ1) is 22.6. The van der Waals surface area contributed by atoms with Crippen LogP contribution in [0.4, 0.5) is 0 Å². The maximum absolute atomic E-state index is 10.6. The van der Waals surface area contributed by atoms with Crippen LogP contribution in [0, 0.1) is 5.41 Å². The summed E-state index contributed by atoms with van der Waals surface area (Å²) in [7, 11) is -3.71. The van der Waals surface area contributed by atoms with Crippen molar-refractivity contribution in [3.05, 3.63) is 0 Å². The summed E-state index contributed by atoms with van der Waals surface area (Å²) in [6, 6.07) is 0. The number of hydrogen-bond donors (Lipinski definition) is 1. The highest BCUT2D eigenvalue weighted by Gasteiger charge is 2.58. The summed E-state index contributed by atoms with van der Waals surface area (Å²) in [6.45, 7) is 23.2. The van der Waals surface area contributed by atoms with Crippen LogP contribution >= 0.6 is 0 Å². The molecule has 0 aromatic carbocycles. The summed E-state index contributed by atoms with van der Waals surface area (Å²) in [5.74, 6) is 0. The molecule has 0 saturated heterocycles. The summed E-state index contributed by atoms with van der Waals surface area (Å²) in [5, 5.41) is 11.0. The molecule has 0 aromatic rings. The Labute approximate surface area is 164 Å². The standard InChI is InChI=1S/C21H44O3Si2/c1-19(2,3)25(7,8)23-17-12-11-13-21(17)15-16(22)14-18(21)24-26(9,10)20(4,5)6/h16-18,22H,11-15H2,1-10H3/t16-,17+,18+,21+/m1/s1. The Bertz CT molecular complexity index is 504. The van der Waals surface area contributed by atoms with Gasteiger partial charge in [0.2, 0.25) is 0 Å². The molecule has 1 spiro atoms. The van der Waals surface area contributed by atoms with Crippen molar-refractivity contribution in [2.24, 2.45) is 5.41 Å². The van der Waals surface area contributed by atoms with Gasteiger partial charge in [-0.15, -0.1) is 0 Å². The molecule has 0 heterocycles. The van der Waals surface area contributed by atoms with Crippen LogP contribution in [0.2, 0.25) is 36.3 Å². The van der Waals surface area contributed by atoms with Gasteiger partial charge in [0, 0.05) is 5.41 Å². The van der Waals surface area contributed by atoms with E-state index >= 15 is 0 Å². The van der Waals surface area contributed by atoms with Crippen molar-refractivity contribution in [3.8, 4) is 0 Å². The first-order valence-corrected chi connectivity index (χ1v) is 16.4. The minimum atomic E-state index is -1.87. The highest BCUT2D eigenvalue weighted by atomic mass is 28.4.